The third-order valence-electron chi connectivity index (χ3n) is 3.06. The van der Waals surface area contributed by atoms with Crippen LogP contribution in [0.5, 0.6) is 0 Å². The largest absolute Gasteiger partial charge is 0.478 e. The summed E-state index contributed by atoms with van der Waals surface area (Å²) in [5.41, 5.74) is 2.22. The second-order valence-electron chi connectivity index (χ2n) is 4.59. The number of hydrazine groups is 1. The zero-order valence-electron chi connectivity index (χ0n) is 11.5. The van der Waals surface area contributed by atoms with Crippen LogP contribution >= 0.6 is 0 Å². The van der Waals surface area contributed by atoms with E-state index in [4.69, 9.17) is 16.1 Å². The van der Waals surface area contributed by atoms with Gasteiger partial charge >= 0.3 is 11.9 Å². The summed E-state index contributed by atoms with van der Waals surface area (Å²) < 4.78 is 0. The van der Waals surface area contributed by atoms with Crippen molar-refractivity contribution in [1.82, 2.24) is 5.01 Å². The highest BCUT2D eigenvalue weighted by Crippen LogP contribution is 2.32. The molecule has 0 saturated carbocycles. The molecule has 1 aromatic carbocycles. The molecule has 0 spiro atoms. The minimum atomic E-state index is -1.26. The van der Waals surface area contributed by atoms with Gasteiger partial charge in [-0.1, -0.05) is 24.3 Å². The normalized spacial score (nSPS) is 20.0. The summed E-state index contributed by atoms with van der Waals surface area (Å²) in [5.74, 6) is 3.13. The van der Waals surface area contributed by atoms with Gasteiger partial charge in [0.2, 0.25) is 0 Å². The number of likely N-dealkylation sites (N-methyl/N-ethyl adjacent to an activating group) is 1. The lowest BCUT2D eigenvalue weighted by atomic mass is 10.1. The van der Waals surface area contributed by atoms with Crippen LogP contribution in [0.15, 0.2) is 36.4 Å². The maximum atomic E-state index is 9.89. The molecule has 0 aliphatic heterocycles. The van der Waals surface area contributed by atoms with Crippen molar-refractivity contribution in [2.75, 3.05) is 7.05 Å². The summed E-state index contributed by atoms with van der Waals surface area (Å²) in [6.45, 7) is 0. The average Bonchev–Trinajstić information content (AvgIpc) is 2.75. The van der Waals surface area contributed by atoms with Crippen molar-refractivity contribution in [3.63, 3.8) is 0 Å². The smallest absolute Gasteiger partial charge is 0.328 e. The molecule has 0 heterocycles. The summed E-state index contributed by atoms with van der Waals surface area (Å²) in [6, 6.07) is 7.97. The first-order valence-electron chi connectivity index (χ1n) is 6.20. The number of nitrogens with zero attached hydrogens (tertiary/aromatic N) is 1. The number of nitrogens with two attached hydrogens (primary N) is 1. The molecule has 1 aliphatic rings. The van der Waals surface area contributed by atoms with Crippen LogP contribution in [-0.4, -0.2) is 45.4 Å². The quantitative estimate of drug-likeness (QED) is 0.355. The SMILES string of the molecule is CN(N)[C@@H]1Cc2ccccc2[C@H]1O.O=C(O)/C=C\C(=O)O. The molecular formula is C14H18N2O5. The first kappa shape index (κ1) is 16.8. The second kappa shape index (κ2) is 7.53. The molecule has 1 aliphatic carbocycles. The Bertz CT molecular complexity index is 526. The van der Waals surface area contributed by atoms with Crippen molar-refractivity contribution in [3.8, 4) is 0 Å². The number of fused-ring (bicyclic) bond motifs is 1. The number of carboxylic acids is 2. The zero-order chi connectivity index (χ0) is 16.0. The van der Waals surface area contributed by atoms with Gasteiger partial charge in [-0.05, 0) is 17.5 Å². The van der Waals surface area contributed by atoms with Crippen LogP contribution in [0.25, 0.3) is 0 Å². The van der Waals surface area contributed by atoms with E-state index in [-0.39, 0.29) is 6.04 Å². The average molecular weight is 294 g/mol. The third kappa shape index (κ3) is 4.99. The third-order valence-corrected chi connectivity index (χ3v) is 3.06. The lowest BCUT2D eigenvalue weighted by Gasteiger charge is -2.21. The molecule has 7 heteroatoms. The van der Waals surface area contributed by atoms with E-state index in [1.165, 1.54) is 5.56 Å². The van der Waals surface area contributed by atoms with Crippen LogP contribution in [0.3, 0.4) is 0 Å². The molecule has 0 fully saturated rings. The van der Waals surface area contributed by atoms with Gasteiger partial charge in [0.05, 0.1) is 12.1 Å². The van der Waals surface area contributed by atoms with Crippen molar-refractivity contribution < 1.29 is 24.9 Å². The number of hydrogen-bond donors (Lipinski definition) is 4. The van der Waals surface area contributed by atoms with Crippen LogP contribution in [0, 0.1) is 0 Å². The highest BCUT2D eigenvalue weighted by Gasteiger charge is 2.32. The molecule has 5 N–H and O–H groups in total. The Kier molecular flexibility index (Phi) is 6.04. The number of aliphatic hydroxyl groups excluding tert-OH is 1. The van der Waals surface area contributed by atoms with Gasteiger partial charge in [-0.15, -0.1) is 0 Å². The summed E-state index contributed by atoms with van der Waals surface area (Å²) >= 11 is 0. The van der Waals surface area contributed by atoms with Crippen molar-refractivity contribution >= 4 is 11.9 Å². The molecule has 0 radical (unpaired) electrons. The summed E-state index contributed by atoms with van der Waals surface area (Å²) in [7, 11) is 1.79. The van der Waals surface area contributed by atoms with E-state index in [1.54, 1.807) is 12.1 Å². The highest BCUT2D eigenvalue weighted by molar-refractivity contribution is 5.89. The van der Waals surface area contributed by atoms with Gasteiger partial charge in [0.25, 0.3) is 0 Å². The maximum Gasteiger partial charge on any atom is 0.328 e. The Labute approximate surface area is 121 Å². The van der Waals surface area contributed by atoms with Crippen LogP contribution in [0.4, 0.5) is 0 Å². The van der Waals surface area contributed by atoms with Crippen molar-refractivity contribution in [3.05, 3.63) is 47.5 Å². The van der Waals surface area contributed by atoms with Gasteiger partial charge in [-0.25, -0.2) is 14.6 Å². The van der Waals surface area contributed by atoms with Crippen LogP contribution in [0.2, 0.25) is 0 Å². The van der Waals surface area contributed by atoms with Gasteiger partial charge in [0, 0.05) is 19.2 Å². The lowest BCUT2D eigenvalue weighted by molar-refractivity contribution is -0.134. The fourth-order valence-corrected chi connectivity index (χ4v) is 2.06. The van der Waals surface area contributed by atoms with Crippen molar-refractivity contribution in [2.24, 2.45) is 5.84 Å². The second-order valence-corrected chi connectivity index (χ2v) is 4.59. The molecule has 2 atom stereocenters. The molecule has 1 aromatic rings. The molecule has 21 heavy (non-hydrogen) atoms. The number of benzene rings is 1. The topological polar surface area (TPSA) is 124 Å². The Balaban J connectivity index is 0.000000240. The Hall–Kier alpha value is -2.22. The fraction of sp³-hybridized carbons (Fsp3) is 0.286. The molecule has 0 saturated heterocycles. The molecule has 0 amide bonds. The van der Waals surface area contributed by atoms with Crippen molar-refractivity contribution in [2.45, 2.75) is 18.6 Å². The molecule has 0 unspecified atom stereocenters. The first-order chi connectivity index (χ1) is 9.82. The van der Waals surface area contributed by atoms with E-state index in [1.807, 2.05) is 24.3 Å². The predicted molar refractivity (Wildman–Crippen MR) is 75.3 cm³/mol. The van der Waals surface area contributed by atoms with Crippen LogP contribution in [-0.2, 0) is 16.0 Å². The molecule has 7 nitrogen and oxygen atoms in total. The first-order valence-corrected chi connectivity index (χ1v) is 6.20. The summed E-state index contributed by atoms with van der Waals surface area (Å²) in [6.07, 6.45) is 1.51. The monoisotopic (exact) mass is 294 g/mol. The summed E-state index contributed by atoms with van der Waals surface area (Å²) in [5, 5.41) is 27.1. The lowest BCUT2D eigenvalue weighted by Crippen LogP contribution is -2.40. The minimum Gasteiger partial charge on any atom is -0.478 e. The number of aliphatic hydroxyl groups is 1. The predicted octanol–water partition coefficient (Wildman–Crippen LogP) is 0.162. The van der Waals surface area contributed by atoms with E-state index in [2.05, 4.69) is 0 Å². The molecule has 0 bridgehead atoms. The van der Waals surface area contributed by atoms with Gasteiger partial charge in [-0.3, -0.25) is 5.84 Å². The van der Waals surface area contributed by atoms with E-state index in [9.17, 15) is 14.7 Å². The van der Waals surface area contributed by atoms with E-state index in [0.29, 0.717) is 12.2 Å². The molecular weight excluding hydrogens is 276 g/mol. The van der Waals surface area contributed by atoms with Crippen molar-refractivity contribution in [1.29, 1.82) is 0 Å². The fourth-order valence-electron chi connectivity index (χ4n) is 2.06. The Morgan fingerprint density at radius 2 is 1.76 bits per heavy atom. The molecule has 2 rings (SSSR count). The van der Waals surface area contributed by atoms with Gasteiger partial charge in [0.15, 0.2) is 0 Å². The van der Waals surface area contributed by atoms with E-state index >= 15 is 0 Å². The minimum absolute atomic E-state index is 0.0254. The summed E-state index contributed by atoms with van der Waals surface area (Å²) in [4.78, 5) is 19.1. The van der Waals surface area contributed by atoms with Gasteiger partial charge < -0.3 is 15.3 Å². The standard InChI is InChI=1S/C10H14N2O.C4H4O4/c1-12(11)9-6-7-4-2-3-5-8(7)10(9)13;5-3(6)1-2-4(7)8/h2-5,9-10,13H,6,11H2,1H3;1-2H,(H,5,6)(H,7,8)/b;2-1-/t9-,10-;/m1./s1. The Morgan fingerprint density at radius 3 is 2.19 bits per heavy atom. The number of hydrogen-bond acceptors (Lipinski definition) is 5. The highest BCUT2D eigenvalue weighted by atomic mass is 16.4. The van der Waals surface area contributed by atoms with E-state index in [0.717, 1.165) is 12.0 Å². The van der Waals surface area contributed by atoms with Crippen LogP contribution in [0.1, 0.15) is 17.2 Å². The molecule has 0 aromatic heterocycles. The van der Waals surface area contributed by atoms with E-state index < -0.39 is 18.0 Å². The number of carboxylic acid groups (broad SMARTS) is 2. The van der Waals surface area contributed by atoms with Gasteiger partial charge in [-0.2, -0.15) is 0 Å². The number of carbonyl (C=O) groups is 2. The van der Waals surface area contributed by atoms with Gasteiger partial charge in [0.1, 0.15) is 0 Å². The Morgan fingerprint density at radius 1 is 1.24 bits per heavy atom. The number of rotatable bonds is 3. The number of aliphatic carboxylic acids is 2. The maximum absolute atomic E-state index is 9.89. The zero-order valence-corrected chi connectivity index (χ0v) is 11.5. The molecule has 114 valence electrons. The van der Waals surface area contributed by atoms with Crippen LogP contribution < -0.4 is 5.84 Å².